The molecule has 0 atom stereocenters. The van der Waals surface area contributed by atoms with Gasteiger partial charge in [-0.15, -0.1) is 0 Å². The molecule has 0 bridgehead atoms. The summed E-state index contributed by atoms with van der Waals surface area (Å²) < 4.78 is 2.79. The Morgan fingerprint density at radius 3 is 2.81 bits per heavy atom. The Balaban J connectivity index is 2.23. The second-order valence-corrected chi connectivity index (χ2v) is 4.97. The summed E-state index contributed by atoms with van der Waals surface area (Å²) in [4.78, 5) is 6.85. The van der Waals surface area contributed by atoms with Crippen LogP contribution in [0.2, 0.25) is 0 Å². The monoisotopic (exact) mass is 280 g/mol. The number of fused-ring (bicyclic) bond motifs is 1. The number of rotatable bonds is 1. The molecule has 1 fully saturated rings. The smallest absolute Gasteiger partial charge is 0.112 e. The Morgan fingerprint density at radius 2 is 2.06 bits per heavy atom. The largest absolute Gasteiger partial charge is 0.370 e. The summed E-state index contributed by atoms with van der Waals surface area (Å²) in [5.41, 5.74) is 3.33. The van der Waals surface area contributed by atoms with Gasteiger partial charge in [0.2, 0.25) is 0 Å². The van der Waals surface area contributed by atoms with E-state index < -0.39 is 0 Å². The molecule has 3 rings (SSSR count). The van der Waals surface area contributed by atoms with Crippen LogP contribution >= 0.6 is 15.9 Å². The molecule has 0 saturated carbocycles. The zero-order valence-corrected chi connectivity index (χ0v) is 10.7. The maximum atomic E-state index is 4.44. The first-order valence-electron chi connectivity index (χ1n) is 5.49. The molecule has 16 heavy (non-hydrogen) atoms. The van der Waals surface area contributed by atoms with E-state index in [2.05, 4.69) is 37.0 Å². The third kappa shape index (κ3) is 1.50. The van der Waals surface area contributed by atoms with Gasteiger partial charge in [-0.2, -0.15) is 5.10 Å². The minimum Gasteiger partial charge on any atom is -0.370 e. The van der Waals surface area contributed by atoms with Crippen LogP contribution in [-0.2, 0) is 7.05 Å². The van der Waals surface area contributed by atoms with Gasteiger partial charge in [-0.05, 0) is 34.8 Å². The molecule has 5 heteroatoms. The Morgan fingerprint density at radius 1 is 1.31 bits per heavy atom. The van der Waals surface area contributed by atoms with E-state index in [4.69, 9.17) is 0 Å². The number of pyridine rings is 1. The van der Waals surface area contributed by atoms with Crippen molar-refractivity contribution < 1.29 is 0 Å². The van der Waals surface area contributed by atoms with Crippen LogP contribution in [0.15, 0.2) is 16.9 Å². The quantitative estimate of drug-likeness (QED) is 0.752. The Kier molecular flexibility index (Phi) is 2.35. The summed E-state index contributed by atoms with van der Waals surface area (Å²) in [5.74, 6) is 0. The van der Waals surface area contributed by atoms with Crippen LogP contribution in [0, 0.1) is 0 Å². The zero-order valence-electron chi connectivity index (χ0n) is 9.15. The van der Waals surface area contributed by atoms with E-state index in [9.17, 15) is 0 Å². The van der Waals surface area contributed by atoms with Crippen LogP contribution in [0.5, 0.6) is 0 Å². The van der Waals surface area contributed by atoms with Gasteiger partial charge in [0.05, 0.1) is 11.9 Å². The normalized spacial score (nSPS) is 16.2. The average Bonchev–Trinajstić information content (AvgIpc) is 2.87. The zero-order chi connectivity index (χ0) is 11.1. The van der Waals surface area contributed by atoms with Crippen molar-refractivity contribution in [2.45, 2.75) is 12.8 Å². The SMILES string of the molecule is Cn1ncc2nc(Br)cc(N3CCCC3)c21. The van der Waals surface area contributed by atoms with Gasteiger partial charge in [0.25, 0.3) is 0 Å². The maximum Gasteiger partial charge on any atom is 0.112 e. The molecule has 2 aromatic rings. The van der Waals surface area contributed by atoms with Gasteiger partial charge in [-0.25, -0.2) is 4.98 Å². The molecular weight excluding hydrogens is 268 g/mol. The number of halogens is 1. The molecule has 0 aliphatic carbocycles. The molecule has 4 nitrogen and oxygen atoms in total. The lowest BCUT2D eigenvalue weighted by atomic mass is 10.3. The van der Waals surface area contributed by atoms with Crippen molar-refractivity contribution in [2.24, 2.45) is 7.05 Å². The van der Waals surface area contributed by atoms with Crippen molar-refractivity contribution in [3.8, 4) is 0 Å². The van der Waals surface area contributed by atoms with E-state index in [0.29, 0.717) is 0 Å². The summed E-state index contributed by atoms with van der Waals surface area (Å²) in [6.07, 6.45) is 4.37. The molecule has 1 aliphatic heterocycles. The first-order chi connectivity index (χ1) is 7.75. The Bertz CT molecular complexity index is 528. The summed E-state index contributed by atoms with van der Waals surface area (Å²) >= 11 is 3.46. The minimum absolute atomic E-state index is 0.884. The predicted molar refractivity (Wildman–Crippen MR) is 67.7 cm³/mol. The average molecular weight is 281 g/mol. The second kappa shape index (κ2) is 3.73. The van der Waals surface area contributed by atoms with E-state index in [-0.39, 0.29) is 0 Å². The van der Waals surface area contributed by atoms with E-state index in [0.717, 1.165) is 28.7 Å². The number of anilines is 1. The lowest BCUT2D eigenvalue weighted by Crippen LogP contribution is -2.18. The van der Waals surface area contributed by atoms with Gasteiger partial charge >= 0.3 is 0 Å². The number of hydrogen-bond acceptors (Lipinski definition) is 3. The van der Waals surface area contributed by atoms with E-state index in [1.54, 1.807) is 0 Å². The number of hydrogen-bond donors (Lipinski definition) is 0. The molecule has 2 aromatic heterocycles. The van der Waals surface area contributed by atoms with Crippen molar-refractivity contribution in [3.05, 3.63) is 16.9 Å². The van der Waals surface area contributed by atoms with Gasteiger partial charge in [0.15, 0.2) is 0 Å². The number of nitrogens with zero attached hydrogens (tertiary/aromatic N) is 4. The van der Waals surface area contributed by atoms with E-state index in [1.165, 1.54) is 18.5 Å². The van der Waals surface area contributed by atoms with Crippen molar-refractivity contribution >= 4 is 32.7 Å². The summed E-state index contributed by atoms with van der Waals surface area (Å²) in [5, 5.41) is 4.28. The van der Waals surface area contributed by atoms with Crippen LogP contribution in [0.25, 0.3) is 11.0 Å². The van der Waals surface area contributed by atoms with Gasteiger partial charge in [-0.1, -0.05) is 0 Å². The molecule has 0 amide bonds. The van der Waals surface area contributed by atoms with Crippen LogP contribution in [0.4, 0.5) is 5.69 Å². The fourth-order valence-corrected chi connectivity index (χ4v) is 2.74. The third-order valence-electron chi connectivity index (χ3n) is 3.09. The Hall–Kier alpha value is -1.10. The molecule has 0 aromatic carbocycles. The molecule has 84 valence electrons. The van der Waals surface area contributed by atoms with Crippen molar-refractivity contribution in [2.75, 3.05) is 18.0 Å². The van der Waals surface area contributed by atoms with Crippen LogP contribution in [-0.4, -0.2) is 27.9 Å². The fourth-order valence-electron chi connectivity index (χ4n) is 2.33. The maximum absolute atomic E-state index is 4.44. The van der Waals surface area contributed by atoms with E-state index >= 15 is 0 Å². The first-order valence-corrected chi connectivity index (χ1v) is 6.28. The molecule has 1 aliphatic rings. The van der Waals surface area contributed by atoms with Gasteiger partial charge in [0, 0.05) is 20.1 Å². The first kappa shape index (κ1) is 10.1. The number of aryl methyl sites for hydroxylation is 1. The summed E-state index contributed by atoms with van der Waals surface area (Å²) in [6, 6.07) is 2.09. The highest BCUT2D eigenvalue weighted by Gasteiger charge is 2.18. The van der Waals surface area contributed by atoms with Crippen LogP contribution in [0.1, 0.15) is 12.8 Å². The number of aromatic nitrogens is 3. The van der Waals surface area contributed by atoms with Crippen LogP contribution in [0.3, 0.4) is 0 Å². The minimum atomic E-state index is 0.884. The lowest BCUT2D eigenvalue weighted by Gasteiger charge is -2.19. The molecule has 0 N–H and O–H groups in total. The molecule has 0 unspecified atom stereocenters. The van der Waals surface area contributed by atoms with Crippen molar-refractivity contribution in [1.82, 2.24) is 14.8 Å². The highest BCUT2D eigenvalue weighted by molar-refractivity contribution is 9.10. The van der Waals surface area contributed by atoms with E-state index in [1.807, 2.05) is 17.9 Å². The van der Waals surface area contributed by atoms with Gasteiger partial charge < -0.3 is 4.90 Å². The lowest BCUT2D eigenvalue weighted by molar-refractivity contribution is 0.793. The third-order valence-corrected chi connectivity index (χ3v) is 3.50. The summed E-state index contributed by atoms with van der Waals surface area (Å²) in [7, 11) is 1.97. The highest BCUT2D eigenvalue weighted by atomic mass is 79.9. The van der Waals surface area contributed by atoms with Gasteiger partial charge in [-0.3, -0.25) is 4.68 Å². The molecule has 3 heterocycles. The second-order valence-electron chi connectivity index (χ2n) is 4.16. The fraction of sp³-hybridized carbons (Fsp3) is 0.455. The topological polar surface area (TPSA) is 34.0 Å². The molecule has 0 spiro atoms. The highest BCUT2D eigenvalue weighted by Crippen LogP contribution is 2.30. The van der Waals surface area contributed by atoms with Crippen LogP contribution < -0.4 is 4.90 Å². The molecule has 1 saturated heterocycles. The summed E-state index contributed by atoms with van der Waals surface area (Å²) in [6.45, 7) is 2.27. The molecule has 0 radical (unpaired) electrons. The van der Waals surface area contributed by atoms with Crippen molar-refractivity contribution in [1.29, 1.82) is 0 Å². The standard InChI is InChI=1S/C11H13BrN4/c1-15-11-8(7-13-15)14-10(12)6-9(11)16-4-2-3-5-16/h6-7H,2-5H2,1H3. The van der Waals surface area contributed by atoms with Gasteiger partial charge in [0.1, 0.15) is 15.6 Å². The predicted octanol–water partition coefficient (Wildman–Crippen LogP) is 2.33. The van der Waals surface area contributed by atoms with Crippen molar-refractivity contribution in [3.63, 3.8) is 0 Å². The molecular formula is C11H13BrN4. The Labute approximate surface area is 102 Å².